The van der Waals surface area contributed by atoms with Crippen LogP contribution in [-0.4, -0.2) is 56.0 Å². The molecule has 1 aliphatic heterocycles. The van der Waals surface area contributed by atoms with E-state index < -0.39 is 10.0 Å². The molecule has 0 unspecified atom stereocenters. The molecule has 0 radical (unpaired) electrons. The van der Waals surface area contributed by atoms with Crippen molar-refractivity contribution >= 4 is 27.4 Å². The van der Waals surface area contributed by atoms with Crippen LogP contribution in [0.15, 0.2) is 59.5 Å². The molecule has 4 rings (SSSR count). The van der Waals surface area contributed by atoms with Crippen LogP contribution < -0.4 is 14.4 Å². The number of ether oxygens (including phenoxy) is 2. The fourth-order valence-electron chi connectivity index (χ4n) is 3.50. The molecule has 2 heterocycles. The summed E-state index contributed by atoms with van der Waals surface area (Å²) in [4.78, 5) is 11.0. The van der Waals surface area contributed by atoms with Gasteiger partial charge in [-0.3, -0.25) is 0 Å². The Morgan fingerprint density at radius 1 is 0.969 bits per heavy atom. The minimum atomic E-state index is -3.75. The fourth-order valence-corrected chi connectivity index (χ4v) is 5.34. The molecular weight excluding hydrogens is 452 g/mol. The predicted molar refractivity (Wildman–Crippen MR) is 122 cm³/mol. The van der Waals surface area contributed by atoms with E-state index in [4.69, 9.17) is 21.1 Å². The Morgan fingerprint density at radius 2 is 1.69 bits per heavy atom. The summed E-state index contributed by atoms with van der Waals surface area (Å²) in [5.74, 6) is 2.67. The van der Waals surface area contributed by atoms with E-state index >= 15 is 0 Å². The van der Waals surface area contributed by atoms with E-state index in [1.54, 1.807) is 25.1 Å². The lowest BCUT2D eigenvalue weighted by Gasteiger charge is -2.35. The minimum absolute atomic E-state index is 0.0670. The first-order valence-electron chi connectivity index (χ1n) is 10.0. The number of sulfonamides is 1. The highest BCUT2D eigenvalue weighted by atomic mass is 35.5. The van der Waals surface area contributed by atoms with E-state index in [0.29, 0.717) is 54.5 Å². The SMILES string of the molecule is COc1ccc(Cl)cc1S(=O)(=O)N1CCN(c2cc(Oc3ccccc3)nc(C)n2)CC1. The molecule has 0 aliphatic carbocycles. The van der Waals surface area contributed by atoms with Crippen LogP contribution in [0, 0.1) is 6.92 Å². The average Bonchev–Trinajstić information content (AvgIpc) is 2.79. The van der Waals surface area contributed by atoms with E-state index in [0.717, 1.165) is 0 Å². The molecular formula is C22H23ClN4O4S. The maximum absolute atomic E-state index is 13.2. The van der Waals surface area contributed by atoms with Crippen molar-refractivity contribution in [3.8, 4) is 17.4 Å². The van der Waals surface area contributed by atoms with Crippen molar-refractivity contribution in [3.63, 3.8) is 0 Å². The van der Waals surface area contributed by atoms with E-state index in [-0.39, 0.29) is 10.6 Å². The summed E-state index contributed by atoms with van der Waals surface area (Å²) in [6, 6.07) is 15.7. The first-order chi connectivity index (χ1) is 15.4. The van der Waals surface area contributed by atoms with Crippen LogP contribution in [0.4, 0.5) is 5.82 Å². The summed E-state index contributed by atoms with van der Waals surface area (Å²) < 4.78 is 38.9. The molecule has 1 aromatic heterocycles. The van der Waals surface area contributed by atoms with Crippen LogP contribution in [0.5, 0.6) is 17.4 Å². The summed E-state index contributed by atoms with van der Waals surface area (Å²) in [6.45, 7) is 3.35. The van der Waals surface area contributed by atoms with Gasteiger partial charge < -0.3 is 14.4 Å². The zero-order valence-corrected chi connectivity index (χ0v) is 19.3. The Morgan fingerprint density at radius 3 is 2.38 bits per heavy atom. The van der Waals surface area contributed by atoms with E-state index in [1.165, 1.54) is 17.5 Å². The van der Waals surface area contributed by atoms with Crippen molar-refractivity contribution in [2.45, 2.75) is 11.8 Å². The number of rotatable bonds is 6. The Kier molecular flexibility index (Phi) is 6.50. The number of hydrogen-bond donors (Lipinski definition) is 0. The normalized spacial score (nSPS) is 14.9. The lowest BCUT2D eigenvalue weighted by Crippen LogP contribution is -2.49. The van der Waals surface area contributed by atoms with Crippen LogP contribution >= 0.6 is 11.6 Å². The standard InChI is InChI=1S/C22H23ClN4O4S/c1-16-24-21(15-22(25-16)31-18-6-4-3-5-7-18)26-10-12-27(13-11-26)32(28,29)20-14-17(23)8-9-19(20)30-2/h3-9,14-15H,10-13H2,1-2H3. The number of hydrogen-bond acceptors (Lipinski definition) is 7. The second-order valence-corrected chi connectivity index (χ2v) is 9.56. The smallest absolute Gasteiger partial charge is 0.246 e. The van der Waals surface area contributed by atoms with Crippen LogP contribution in [0.1, 0.15) is 5.82 Å². The molecule has 0 amide bonds. The minimum Gasteiger partial charge on any atom is -0.495 e. The quantitative estimate of drug-likeness (QED) is 0.537. The maximum atomic E-state index is 13.2. The van der Waals surface area contributed by atoms with E-state index in [2.05, 4.69) is 9.97 Å². The van der Waals surface area contributed by atoms with E-state index in [9.17, 15) is 8.42 Å². The Balaban J connectivity index is 1.50. The molecule has 0 N–H and O–H groups in total. The molecule has 1 saturated heterocycles. The highest BCUT2D eigenvalue weighted by Crippen LogP contribution is 2.31. The summed E-state index contributed by atoms with van der Waals surface area (Å²) in [5.41, 5.74) is 0. The fraction of sp³-hybridized carbons (Fsp3) is 0.273. The number of benzene rings is 2. The zero-order valence-electron chi connectivity index (χ0n) is 17.7. The Bertz CT molecular complexity index is 1200. The lowest BCUT2D eigenvalue weighted by atomic mass is 10.3. The first-order valence-corrected chi connectivity index (χ1v) is 11.9. The van der Waals surface area contributed by atoms with Gasteiger partial charge in [-0.15, -0.1) is 0 Å². The Labute approximate surface area is 192 Å². The van der Waals surface area contributed by atoms with Gasteiger partial charge in [-0.05, 0) is 37.3 Å². The van der Waals surface area contributed by atoms with Gasteiger partial charge in [-0.2, -0.15) is 9.29 Å². The van der Waals surface area contributed by atoms with Gasteiger partial charge in [0.05, 0.1) is 7.11 Å². The number of aryl methyl sites for hydroxylation is 1. The van der Waals surface area contributed by atoms with Crippen molar-refractivity contribution < 1.29 is 17.9 Å². The molecule has 0 bridgehead atoms. The van der Waals surface area contributed by atoms with Crippen molar-refractivity contribution in [2.75, 3.05) is 38.2 Å². The highest BCUT2D eigenvalue weighted by Gasteiger charge is 2.31. The van der Waals surface area contributed by atoms with Crippen LogP contribution in [0.2, 0.25) is 5.02 Å². The number of halogens is 1. The van der Waals surface area contributed by atoms with Gasteiger partial charge in [-0.1, -0.05) is 29.8 Å². The van der Waals surface area contributed by atoms with Crippen molar-refractivity contribution in [1.82, 2.24) is 14.3 Å². The molecule has 168 valence electrons. The summed E-state index contributed by atoms with van der Waals surface area (Å²) in [6.07, 6.45) is 0. The molecule has 3 aromatic rings. The maximum Gasteiger partial charge on any atom is 0.246 e. The molecule has 0 atom stereocenters. The highest BCUT2D eigenvalue weighted by molar-refractivity contribution is 7.89. The van der Waals surface area contributed by atoms with Gasteiger partial charge in [0.25, 0.3) is 0 Å². The van der Waals surface area contributed by atoms with Gasteiger partial charge >= 0.3 is 0 Å². The summed E-state index contributed by atoms with van der Waals surface area (Å²) in [5, 5.41) is 0.338. The van der Waals surface area contributed by atoms with Gasteiger partial charge in [0.15, 0.2) is 0 Å². The monoisotopic (exact) mass is 474 g/mol. The molecule has 1 fully saturated rings. The average molecular weight is 475 g/mol. The summed E-state index contributed by atoms with van der Waals surface area (Å²) in [7, 11) is -2.31. The molecule has 0 spiro atoms. The second kappa shape index (κ2) is 9.32. The number of para-hydroxylation sites is 1. The molecule has 2 aromatic carbocycles. The zero-order chi connectivity index (χ0) is 22.7. The third-order valence-electron chi connectivity index (χ3n) is 5.07. The molecule has 32 heavy (non-hydrogen) atoms. The van der Waals surface area contributed by atoms with E-state index in [1.807, 2.05) is 35.2 Å². The van der Waals surface area contributed by atoms with Gasteiger partial charge in [-0.25, -0.2) is 13.4 Å². The van der Waals surface area contributed by atoms with Gasteiger partial charge in [0.2, 0.25) is 15.9 Å². The Hall–Kier alpha value is -2.88. The van der Waals surface area contributed by atoms with Crippen molar-refractivity contribution in [2.24, 2.45) is 0 Å². The number of aromatic nitrogens is 2. The van der Waals surface area contributed by atoms with Crippen LogP contribution in [0.3, 0.4) is 0 Å². The van der Waals surface area contributed by atoms with Crippen molar-refractivity contribution in [1.29, 1.82) is 0 Å². The lowest BCUT2D eigenvalue weighted by molar-refractivity contribution is 0.373. The third kappa shape index (κ3) is 4.79. The number of nitrogens with zero attached hydrogens (tertiary/aromatic N) is 4. The third-order valence-corrected chi connectivity index (χ3v) is 7.23. The number of anilines is 1. The molecule has 1 aliphatic rings. The molecule has 10 heteroatoms. The van der Waals surface area contributed by atoms with Crippen LogP contribution in [-0.2, 0) is 10.0 Å². The number of piperazine rings is 1. The predicted octanol–water partition coefficient (Wildman–Crippen LogP) is 3.75. The first kappa shape index (κ1) is 22.3. The molecule has 0 saturated carbocycles. The molecule has 8 nitrogen and oxygen atoms in total. The summed E-state index contributed by atoms with van der Waals surface area (Å²) >= 11 is 6.04. The topological polar surface area (TPSA) is 84.9 Å². The second-order valence-electron chi connectivity index (χ2n) is 7.21. The van der Waals surface area contributed by atoms with Crippen LogP contribution in [0.25, 0.3) is 0 Å². The van der Waals surface area contributed by atoms with Gasteiger partial charge in [0, 0.05) is 37.3 Å². The largest absolute Gasteiger partial charge is 0.495 e. The van der Waals surface area contributed by atoms with Gasteiger partial charge in [0.1, 0.15) is 28.0 Å². The van der Waals surface area contributed by atoms with Crippen molar-refractivity contribution in [3.05, 3.63) is 65.4 Å². The number of methoxy groups -OCH3 is 1.